The lowest BCUT2D eigenvalue weighted by atomic mass is 10.2. The van der Waals surface area contributed by atoms with E-state index in [1.165, 1.54) is 4.90 Å². The molecule has 1 aliphatic rings. The molecule has 0 unspecified atom stereocenters. The highest BCUT2D eigenvalue weighted by atomic mass is 16.5. The lowest BCUT2D eigenvalue weighted by Gasteiger charge is -2.14. The standard InChI is InChI=1S/C15H15NO4/c17-10-1-2-12-3-5-13(6-4-12)20-11-9-16-14(18)7-8-15(16)19/h3-6,17H,7-11H2. The molecule has 1 saturated heterocycles. The van der Waals surface area contributed by atoms with Gasteiger partial charge >= 0.3 is 0 Å². The molecular formula is C15H15NO4. The second-order valence-electron chi connectivity index (χ2n) is 4.27. The summed E-state index contributed by atoms with van der Waals surface area (Å²) in [6.07, 6.45) is 0.605. The van der Waals surface area contributed by atoms with Crippen molar-refractivity contribution in [3.05, 3.63) is 29.8 Å². The molecule has 0 spiro atoms. The molecule has 0 bridgehead atoms. The number of nitrogens with zero attached hydrogens (tertiary/aromatic N) is 1. The Morgan fingerprint density at radius 2 is 1.80 bits per heavy atom. The molecule has 1 heterocycles. The number of rotatable bonds is 4. The van der Waals surface area contributed by atoms with Crippen LogP contribution in [0.25, 0.3) is 0 Å². The molecule has 0 aromatic heterocycles. The molecule has 5 heteroatoms. The van der Waals surface area contributed by atoms with Crippen molar-refractivity contribution in [1.29, 1.82) is 0 Å². The van der Waals surface area contributed by atoms with Crippen LogP contribution in [0.15, 0.2) is 24.3 Å². The molecule has 5 nitrogen and oxygen atoms in total. The summed E-state index contributed by atoms with van der Waals surface area (Å²) < 4.78 is 5.48. The van der Waals surface area contributed by atoms with Crippen LogP contribution in [0, 0.1) is 11.8 Å². The summed E-state index contributed by atoms with van der Waals surface area (Å²) in [5, 5.41) is 8.59. The number of aliphatic hydroxyl groups is 1. The predicted molar refractivity (Wildman–Crippen MR) is 71.9 cm³/mol. The van der Waals surface area contributed by atoms with Crippen molar-refractivity contribution in [2.24, 2.45) is 0 Å². The van der Waals surface area contributed by atoms with Gasteiger partial charge in [-0.1, -0.05) is 11.8 Å². The summed E-state index contributed by atoms with van der Waals surface area (Å²) in [6, 6.07) is 7.08. The minimum atomic E-state index is -0.170. The first kappa shape index (κ1) is 14.1. The quantitative estimate of drug-likeness (QED) is 0.643. The summed E-state index contributed by atoms with van der Waals surface area (Å²) in [5.74, 6) is 5.73. The molecule has 0 aliphatic carbocycles. The van der Waals surface area contributed by atoms with E-state index in [0.717, 1.165) is 5.56 Å². The Bertz CT molecular complexity index is 537. The predicted octanol–water partition coefficient (Wildman–Crippen LogP) is 0.558. The Labute approximate surface area is 117 Å². The van der Waals surface area contributed by atoms with Crippen LogP contribution in [-0.2, 0) is 9.59 Å². The van der Waals surface area contributed by atoms with E-state index in [1.807, 2.05) is 0 Å². The zero-order valence-corrected chi connectivity index (χ0v) is 11.0. The minimum absolute atomic E-state index is 0.131. The third-order valence-electron chi connectivity index (χ3n) is 2.90. The fraction of sp³-hybridized carbons (Fsp3) is 0.333. The van der Waals surface area contributed by atoms with Crippen LogP contribution in [0.5, 0.6) is 5.75 Å². The maximum atomic E-state index is 11.4. The molecule has 1 aliphatic heterocycles. The average molecular weight is 273 g/mol. The molecule has 0 radical (unpaired) electrons. The first-order valence-corrected chi connectivity index (χ1v) is 6.36. The highest BCUT2D eigenvalue weighted by Crippen LogP contribution is 2.13. The Morgan fingerprint density at radius 3 is 2.40 bits per heavy atom. The van der Waals surface area contributed by atoms with Crippen LogP contribution in [0.4, 0.5) is 0 Å². The Balaban J connectivity index is 1.82. The third kappa shape index (κ3) is 3.59. The number of hydrogen-bond acceptors (Lipinski definition) is 4. The van der Waals surface area contributed by atoms with Crippen LogP contribution in [0.1, 0.15) is 18.4 Å². The van der Waals surface area contributed by atoms with Crippen molar-refractivity contribution in [3.63, 3.8) is 0 Å². The normalized spacial score (nSPS) is 14.2. The number of imide groups is 1. The van der Waals surface area contributed by atoms with Crippen molar-refractivity contribution in [2.75, 3.05) is 19.8 Å². The SMILES string of the molecule is O=C1CCC(=O)N1CCOc1ccc(C#CCO)cc1. The number of hydrogen-bond donors (Lipinski definition) is 1. The fourth-order valence-corrected chi connectivity index (χ4v) is 1.90. The topological polar surface area (TPSA) is 66.8 Å². The van der Waals surface area contributed by atoms with E-state index in [0.29, 0.717) is 18.6 Å². The van der Waals surface area contributed by atoms with Crippen LogP contribution in [0.3, 0.4) is 0 Å². The van der Waals surface area contributed by atoms with E-state index in [4.69, 9.17) is 9.84 Å². The third-order valence-corrected chi connectivity index (χ3v) is 2.90. The molecule has 104 valence electrons. The fourth-order valence-electron chi connectivity index (χ4n) is 1.90. The maximum absolute atomic E-state index is 11.4. The molecule has 20 heavy (non-hydrogen) atoms. The Morgan fingerprint density at radius 1 is 1.15 bits per heavy atom. The summed E-state index contributed by atoms with van der Waals surface area (Å²) in [4.78, 5) is 24.0. The average Bonchev–Trinajstić information content (AvgIpc) is 2.78. The second-order valence-corrected chi connectivity index (χ2v) is 4.27. The molecule has 1 aromatic rings. The van der Waals surface area contributed by atoms with E-state index in [1.54, 1.807) is 24.3 Å². The Hall–Kier alpha value is -2.32. The van der Waals surface area contributed by atoms with E-state index in [-0.39, 0.29) is 31.6 Å². The molecular weight excluding hydrogens is 258 g/mol. The molecule has 0 saturated carbocycles. The van der Waals surface area contributed by atoms with Gasteiger partial charge in [0.15, 0.2) is 0 Å². The number of carbonyl (C=O) groups excluding carboxylic acids is 2. The monoisotopic (exact) mass is 273 g/mol. The summed E-state index contributed by atoms with van der Waals surface area (Å²) in [5.41, 5.74) is 0.788. The van der Waals surface area contributed by atoms with Gasteiger partial charge in [0.2, 0.25) is 11.8 Å². The van der Waals surface area contributed by atoms with Crippen LogP contribution >= 0.6 is 0 Å². The minimum Gasteiger partial charge on any atom is -0.492 e. The van der Waals surface area contributed by atoms with Crippen LogP contribution in [0.2, 0.25) is 0 Å². The Kier molecular flexibility index (Phi) is 4.75. The number of aliphatic hydroxyl groups excluding tert-OH is 1. The van der Waals surface area contributed by atoms with Gasteiger partial charge in [-0.2, -0.15) is 0 Å². The van der Waals surface area contributed by atoms with Crippen LogP contribution < -0.4 is 4.74 Å². The van der Waals surface area contributed by atoms with Gasteiger partial charge in [0.1, 0.15) is 19.0 Å². The lowest BCUT2D eigenvalue weighted by molar-refractivity contribution is -0.138. The highest BCUT2D eigenvalue weighted by molar-refractivity contribution is 6.01. The molecule has 1 N–H and O–H groups in total. The van der Waals surface area contributed by atoms with Crippen molar-refractivity contribution in [1.82, 2.24) is 4.90 Å². The summed E-state index contributed by atoms with van der Waals surface area (Å²) in [6.45, 7) is 0.388. The van der Waals surface area contributed by atoms with Gasteiger partial charge in [0.05, 0.1) is 6.54 Å². The van der Waals surface area contributed by atoms with Gasteiger partial charge in [-0.05, 0) is 24.3 Å². The van der Waals surface area contributed by atoms with Crippen molar-refractivity contribution < 1.29 is 19.4 Å². The van der Waals surface area contributed by atoms with Gasteiger partial charge in [-0.15, -0.1) is 0 Å². The van der Waals surface area contributed by atoms with Gasteiger partial charge in [-0.25, -0.2) is 0 Å². The first-order chi connectivity index (χ1) is 9.70. The molecule has 2 rings (SSSR count). The van der Waals surface area contributed by atoms with E-state index in [9.17, 15) is 9.59 Å². The number of carbonyl (C=O) groups is 2. The summed E-state index contributed by atoms with van der Waals surface area (Å²) in [7, 11) is 0. The van der Waals surface area contributed by atoms with E-state index >= 15 is 0 Å². The van der Waals surface area contributed by atoms with E-state index < -0.39 is 0 Å². The van der Waals surface area contributed by atoms with E-state index in [2.05, 4.69) is 11.8 Å². The maximum Gasteiger partial charge on any atom is 0.229 e. The first-order valence-electron chi connectivity index (χ1n) is 6.36. The lowest BCUT2D eigenvalue weighted by Crippen LogP contribution is -2.33. The van der Waals surface area contributed by atoms with Gasteiger partial charge in [-0.3, -0.25) is 14.5 Å². The molecule has 1 aromatic carbocycles. The van der Waals surface area contributed by atoms with Gasteiger partial charge in [0.25, 0.3) is 0 Å². The molecule has 0 atom stereocenters. The van der Waals surface area contributed by atoms with Crippen molar-refractivity contribution >= 4 is 11.8 Å². The number of benzene rings is 1. The summed E-state index contributed by atoms with van der Waals surface area (Å²) >= 11 is 0. The van der Waals surface area contributed by atoms with Crippen molar-refractivity contribution in [2.45, 2.75) is 12.8 Å². The number of ether oxygens (including phenoxy) is 1. The zero-order chi connectivity index (χ0) is 14.4. The smallest absolute Gasteiger partial charge is 0.229 e. The van der Waals surface area contributed by atoms with Gasteiger partial charge < -0.3 is 9.84 Å². The van der Waals surface area contributed by atoms with Crippen molar-refractivity contribution in [3.8, 4) is 17.6 Å². The number of likely N-dealkylation sites (tertiary alicyclic amines) is 1. The van der Waals surface area contributed by atoms with Crippen LogP contribution in [-0.4, -0.2) is 41.6 Å². The molecule has 2 amide bonds. The highest BCUT2D eigenvalue weighted by Gasteiger charge is 2.28. The number of amides is 2. The zero-order valence-electron chi connectivity index (χ0n) is 11.0. The second kappa shape index (κ2) is 6.73. The van der Waals surface area contributed by atoms with Gasteiger partial charge in [0, 0.05) is 18.4 Å². The largest absolute Gasteiger partial charge is 0.492 e. The molecule has 1 fully saturated rings.